The molecular weight excluding hydrogens is 183 g/mol. The average molecular weight is 212 g/mol. The molecule has 0 aromatic rings. The van der Waals surface area contributed by atoms with Crippen molar-refractivity contribution in [2.24, 2.45) is 11.8 Å². The van der Waals surface area contributed by atoms with Crippen molar-refractivity contribution in [1.82, 2.24) is 0 Å². The van der Waals surface area contributed by atoms with Crippen molar-refractivity contribution in [1.29, 1.82) is 0 Å². The van der Waals surface area contributed by atoms with Crippen molar-refractivity contribution in [2.75, 3.05) is 0 Å². The fraction of sp³-hybridized carbons (Fsp3) is 1.00. The molecule has 2 heteroatoms. The van der Waals surface area contributed by atoms with Crippen LogP contribution in [-0.4, -0.2) is 12.5 Å². The van der Waals surface area contributed by atoms with E-state index in [-0.39, 0.29) is 17.8 Å². The van der Waals surface area contributed by atoms with Gasteiger partial charge in [-0.3, -0.25) is 0 Å². The van der Waals surface area contributed by atoms with E-state index < -0.39 is 0 Å². The van der Waals surface area contributed by atoms with Gasteiger partial charge in [-0.15, -0.1) is 0 Å². The van der Waals surface area contributed by atoms with Crippen LogP contribution in [-0.2, 0) is 4.65 Å². The molecule has 0 saturated heterocycles. The highest BCUT2D eigenvalue weighted by atomic mass is 16.5. The van der Waals surface area contributed by atoms with Crippen molar-refractivity contribution in [2.45, 2.75) is 73.1 Å². The molecule has 0 bridgehead atoms. The highest BCUT2D eigenvalue weighted by Gasteiger charge is 2.38. The van der Waals surface area contributed by atoms with Crippen LogP contribution < -0.4 is 0 Å². The van der Waals surface area contributed by atoms with Gasteiger partial charge in [0.25, 0.3) is 6.92 Å². The molecule has 0 spiro atoms. The molecule has 0 N–H and O–H groups in total. The van der Waals surface area contributed by atoms with Gasteiger partial charge in [-0.25, -0.2) is 0 Å². The highest BCUT2D eigenvalue weighted by molar-refractivity contribution is 6.54. The summed E-state index contributed by atoms with van der Waals surface area (Å²) in [6.45, 7) is 20.4. The van der Waals surface area contributed by atoms with Gasteiger partial charge < -0.3 is 4.65 Å². The Morgan fingerprint density at radius 3 is 1.53 bits per heavy atom. The Hall–Kier alpha value is 0.0249. The predicted molar refractivity (Wildman–Crippen MR) is 70.5 cm³/mol. The molecule has 0 aliphatic rings. The zero-order valence-electron chi connectivity index (χ0n) is 12.1. The molecule has 0 fully saturated rings. The van der Waals surface area contributed by atoms with Crippen LogP contribution in [0.5, 0.6) is 0 Å². The van der Waals surface area contributed by atoms with Gasteiger partial charge >= 0.3 is 0 Å². The van der Waals surface area contributed by atoms with Crippen LogP contribution in [0.1, 0.15) is 55.4 Å². The lowest BCUT2D eigenvalue weighted by atomic mass is 9.44. The summed E-state index contributed by atoms with van der Waals surface area (Å²) >= 11 is 0. The number of hydrogen-bond acceptors (Lipinski definition) is 1. The first-order valence-corrected chi connectivity index (χ1v) is 6.19. The third kappa shape index (κ3) is 3.83. The van der Waals surface area contributed by atoms with Gasteiger partial charge in [-0.05, 0) is 31.0 Å². The second kappa shape index (κ2) is 4.90. The van der Waals surface area contributed by atoms with E-state index in [0.717, 1.165) is 0 Å². The molecule has 0 aliphatic heterocycles. The van der Waals surface area contributed by atoms with E-state index in [1.807, 2.05) is 0 Å². The molecule has 0 amide bonds. The maximum atomic E-state index is 6.23. The van der Waals surface area contributed by atoms with E-state index in [4.69, 9.17) is 4.65 Å². The maximum Gasteiger partial charge on any atom is 0.296 e. The lowest BCUT2D eigenvalue weighted by molar-refractivity contribution is 0.0502. The van der Waals surface area contributed by atoms with Crippen LogP contribution in [0.25, 0.3) is 0 Å². The summed E-state index contributed by atoms with van der Waals surface area (Å²) in [5.74, 6) is 1.18. The maximum absolute atomic E-state index is 6.23. The second-order valence-corrected chi connectivity index (χ2v) is 6.49. The summed E-state index contributed by atoms with van der Waals surface area (Å²) in [6, 6.07) is 0. The predicted octanol–water partition coefficient (Wildman–Crippen LogP) is 4.50. The monoisotopic (exact) mass is 212 g/mol. The minimum absolute atomic E-state index is 0.0361. The molecular formula is C13H29BO. The number of rotatable bonds is 5. The zero-order valence-corrected chi connectivity index (χ0v) is 12.1. The molecule has 0 aliphatic carbocycles. The Balaban J connectivity index is 4.56. The first-order valence-electron chi connectivity index (χ1n) is 6.19. The second-order valence-electron chi connectivity index (χ2n) is 6.49. The highest BCUT2D eigenvalue weighted by Crippen LogP contribution is 2.39. The van der Waals surface area contributed by atoms with Crippen molar-refractivity contribution in [3.8, 4) is 0 Å². The molecule has 90 valence electrons. The van der Waals surface area contributed by atoms with Crippen LogP contribution in [0.3, 0.4) is 0 Å². The Morgan fingerprint density at radius 2 is 1.27 bits per heavy atom. The van der Waals surface area contributed by atoms with Gasteiger partial charge in [0.05, 0.1) is 0 Å². The third-order valence-corrected chi connectivity index (χ3v) is 4.41. The van der Waals surface area contributed by atoms with Crippen LogP contribution >= 0.6 is 0 Å². The van der Waals surface area contributed by atoms with E-state index in [1.54, 1.807) is 0 Å². The molecule has 0 heterocycles. The normalized spacial score (nSPS) is 13.8. The Bertz CT molecular complexity index is 195. The lowest BCUT2D eigenvalue weighted by Gasteiger charge is -2.40. The molecule has 15 heavy (non-hydrogen) atoms. The smallest absolute Gasteiger partial charge is 0.296 e. The van der Waals surface area contributed by atoms with Crippen molar-refractivity contribution in [3.05, 3.63) is 0 Å². The lowest BCUT2D eigenvalue weighted by Crippen LogP contribution is -2.42. The van der Waals surface area contributed by atoms with Crippen molar-refractivity contribution in [3.63, 3.8) is 0 Å². The summed E-state index contributed by atoms with van der Waals surface area (Å²) < 4.78 is 6.23. The Kier molecular flexibility index (Phi) is 4.91. The molecule has 0 unspecified atom stereocenters. The summed E-state index contributed by atoms with van der Waals surface area (Å²) in [7, 11) is 0. The fourth-order valence-corrected chi connectivity index (χ4v) is 1.21. The number of hydrogen-bond donors (Lipinski definition) is 0. The first kappa shape index (κ1) is 15.0. The van der Waals surface area contributed by atoms with Crippen LogP contribution in [0, 0.1) is 11.8 Å². The van der Waals surface area contributed by atoms with Crippen LogP contribution in [0.2, 0.25) is 12.1 Å². The van der Waals surface area contributed by atoms with Crippen molar-refractivity contribution >= 4 is 6.92 Å². The van der Waals surface area contributed by atoms with Crippen molar-refractivity contribution < 1.29 is 4.65 Å². The van der Waals surface area contributed by atoms with Gasteiger partial charge in [0.1, 0.15) is 0 Å². The molecule has 0 aromatic heterocycles. The molecule has 0 radical (unpaired) electrons. The van der Waals surface area contributed by atoms with E-state index in [1.165, 1.54) is 0 Å². The summed E-state index contributed by atoms with van der Waals surface area (Å²) in [5, 5.41) is 0.228. The Labute approximate surface area is 97.1 Å². The quantitative estimate of drug-likeness (QED) is 0.610. The van der Waals surface area contributed by atoms with Gasteiger partial charge in [0.2, 0.25) is 0 Å². The molecule has 1 nitrogen and oxygen atoms in total. The molecule has 0 saturated carbocycles. The fourth-order valence-electron chi connectivity index (χ4n) is 1.21. The average Bonchev–Trinajstić information content (AvgIpc) is 2.02. The summed E-state index contributed by atoms with van der Waals surface area (Å²) in [6.07, 6.45) is 0. The summed E-state index contributed by atoms with van der Waals surface area (Å²) in [4.78, 5) is 0. The van der Waals surface area contributed by atoms with E-state index in [9.17, 15) is 0 Å². The largest absolute Gasteiger partial charge is 0.431 e. The zero-order chi connectivity index (χ0) is 12.4. The standard InChI is InChI=1S/C13H29BO/c1-10(2)12(5,6)14(9)15-13(7,8)11(3)4/h10-11H,1-9H3. The SMILES string of the molecule is CB(OC(C)(C)C(C)C)C(C)(C)C(C)C. The topological polar surface area (TPSA) is 9.23 Å². The van der Waals surface area contributed by atoms with E-state index >= 15 is 0 Å². The molecule has 0 aromatic carbocycles. The van der Waals surface area contributed by atoms with E-state index in [0.29, 0.717) is 11.8 Å². The van der Waals surface area contributed by atoms with Crippen LogP contribution in [0.4, 0.5) is 0 Å². The van der Waals surface area contributed by atoms with Gasteiger partial charge in [0, 0.05) is 5.60 Å². The Morgan fingerprint density at radius 1 is 0.867 bits per heavy atom. The van der Waals surface area contributed by atoms with Gasteiger partial charge in [0.15, 0.2) is 0 Å². The minimum atomic E-state index is -0.0361. The van der Waals surface area contributed by atoms with Gasteiger partial charge in [-0.1, -0.05) is 48.4 Å². The first-order chi connectivity index (χ1) is 6.51. The molecule has 0 atom stereocenters. The van der Waals surface area contributed by atoms with E-state index in [2.05, 4.69) is 62.2 Å². The summed E-state index contributed by atoms with van der Waals surface area (Å²) in [5.41, 5.74) is -0.0361. The molecule has 0 rings (SSSR count). The van der Waals surface area contributed by atoms with Crippen LogP contribution in [0.15, 0.2) is 0 Å². The third-order valence-electron chi connectivity index (χ3n) is 4.41. The minimum Gasteiger partial charge on any atom is -0.431 e. The van der Waals surface area contributed by atoms with Gasteiger partial charge in [-0.2, -0.15) is 0 Å².